The minimum atomic E-state index is -0.341. The summed E-state index contributed by atoms with van der Waals surface area (Å²) in [5, 5.41) is 0. The number of benzene rings is 1. The van der Waals surface area contributed by atoms with Gasteiger partial charge in [-0.1, -0.05) is 18.2 Å². The summed E-state index contributed by atoms with van der Waals surface area (Å²) in [6.45, 7) is 3.08. The number of ether oxygens (including phenoxy) is 2. The van der Waals surface area contributed by atoms with Crippen molar-refractivity contribution in [2.45, 2.75) is 25.8 Å². The number of likely N-dealkylation sites (tertiary alicyclic amines) is 1. The summed E-state index contributed by atoms with van der Waals surface area (Å²) in [4.78, 5) is 25.2. The predicted octanol–water partition coefficient (Wildman–Crippen LogP) is 1.19. The van der Waals surface area contributed by atoms with Crippen LogP contribution in [0.25, 0.3) is 0 Å². The van der Waals surface area contributed by atoms with Crippen LogP contribution in [0.15, 0.2) is 30.3 Å². The van der Waals surface area contributed by atoms with E-state index >= 15 is 0 Å². The van der Waals surface area contributed by atoms with Crippen LogP contribution in [0.2, 0.25) is 0 Å². The van der Waals surface area contributed by atoms with E-state index in [1.165, 1.54) is 0 Å². The molecule has 0 aromatic heterocycles. The third kappa shape index (κ3) is 5.25. The fourth-order valence-corrected chi connectivity index (χ4v) is 2.66. The molecule has 1 aromatic carbocycles. The zero-order chi connectivity index (χ0) is 16.7. The van der Waals surface area contributed by atoms with Crippen LogP contribution in [-0.4, -0.2) is 49.1 Å². The zero-order valence-electron chi connectivity index (χ0n) is 13.4. The van der Waals surface area contributed by atoms with Crippen molar-refractivity contribution in [3.63, 3.8) is 0 Å². The first kappa shape index (κ1) is 17.3. The minimum Gasteiger partial charge on any atom is -0.491 e. The minimum absolute atomic E-state index is 0.00598. The van der Waals surface area contributed by atoms with Crippen LogP contribution in [0.4, 0.5) is 0 Å². The van der Waals surface area contributed by atoms with Crippen LogP contribution in [0, 0.1) is 5.92 Å². The Labute approximate surface area is 136 Å². The number of nitrogens with two attached hydrogens (primary N) is 1. The van der Waals surface area contributed by atoms with E-state index in [-0.39, 0.29) is 30.4 Å². The van der Waals surface area contributed by atoms with Gasteiger partial charge in [0.15, 0.2) is 0 Å². The fraction of sp³-hybridized carbons (Fsp3) is 0.529. The van der Waals surface area contributed by atoms with Gasteiger partial charge in [0.2, 0.25) is 11.8 Å². The molecule has 1 aliphatic heterocycles. The van der Waals surface area contributed by atoms with Gasteiger partial charge in [-0.2, -0.15) is 0 Å². The zero-order valence-corrected chi connectivity index (χ0v) is 13.4. The fourth-order valence-electron chi connectivity index (χ4n) is 2.66. The molecule has 6 heteroatoms. The molecule has 0 aliphatic carbocycles. The van der Waals surface area contributed by atoms with Crippen LogP contribution < -0.4 is 10.5 Å². The molecule has 2 N–H and O–H groups in total. The number of hydrogen-bond acceptors (Lipinski definition) is 4. The van der Waals surface area contributed by atoms with Gasteiger partial charge in [-0.3, -0.25) is 9.59 Å². The van der Waals surface area contributed by atoms with Crippen molar-refractivity contribution >= 4 is 11.8 Å². The largest absolute Gasteiger partial charge is 0.491 e. The predicted molar refractivity (Wildman–Crippen MR) is 85.8 cm³/mol. The summed E-state index contributed by atoms with van der Waals surface area (Å²) in [6.07, 6.45) is 1.53. The van der Waals surface area contributed by atoms with Gasteiger partial charge >= 0.3 is 0 Å². The lowest BCUT2D eigenvalue weighted by molar-refractivity contribution is -0.142. The Bertz CT molecular complexity index is 521. The number of piperidine rings is 1. The number of hydrogen-bond donors (Lipinski definition) is 1. The van der Waals surface area contributed by atoms with Crippen molar-refractivity contribution in [2.75, 3.05) is 26.4 Å². The normalized spacial score (nSPS) is 21.0. The molecule has 2 rings (SSSR count). The SMILES string of the molecule is C[C@@H]1CC[C@@H](C(N)=O)CN1C(=O)COCCOc1ccccc1. The summed E-state index contributed by atoms with van der Waals surface area (Å²) in [5.74, 6) is 0.0722. The second-order valence-electron chi connectivity index (χ2n) is 5.79. The van der Waals surface area contributed by atoms with Gasteiger partial charge in [-0.15, -0.1) is 0 Å². The van der Waals surface area contributed by atoms with Crippen molar-refractivity contribution in [1.82, 2.24) is 4.90 Å². The number of primary amides is 1. The molecule has 2 atom stereocenters. The first-order valence-electron chi connectivity index (χ1n) is 7.92. The van der Waals surface area contributed by atoms with E-state index in [9.17, 15) is 9.59 Å². The molecule has 1 aliphatic rings. The highest BCUT2D eigenvalue weighted by atomic mass is 16.5. The Kier molecular flexibility index (Phi) is 6.40. The monoisotopic (exact) mass is 320 g/mol. The highest BCUT2D eigenvalue weighted by Crippen LogP contribution is 2.21. The molecule has 1 saturated heterocycles. The van der Waals surface area contributed by atoms with E-state index < -0.39 is 0 Å². The Morgan fingerprint density at radius 1 is 1.22 bits per heavy atom. The highest BCUT2D eigenvalue weighted by Gasteiger charge is 2.31. The lowest BCUT2D eigenvalue weighted by atomic mass is 9.93. The topological polar surface area (TPSA) is 81.9 Å². The molecular formula is C17H24N2O4. The van der Waals surface area contributed by atoms with Gasteiger partial charge in [0.1, 0.15) is 19.0 Å². The van der Waals surface area contributed by atoms with Gasteiger partial charge in [-0.05, 0) is 31.9 Å². The molecule has 0 radical (unpaired) electrons. The highest BCUT2D eigenvalue weighted by molar-refractivity contribution is 5.81. The third-order valence-corrected chi connectivity index (χ3v) is 4.07. The number of amides is 2. The lowest BCUT2D eigenvalue weighted by Gasteiger charge is -2.36. The Morgan fingerprint density at radius 3 is 2.65 bits per heavy atom. The second-order valence-corrected chi connectivity index (χ2v) is 5.79. The van der Waals surface area contributed by atoms with E-state index in [0.717, 1.165) is 18.6 Å². The molecule has 0 saturated carbocycles. The molecule has 1 fully saturated rings. The maximum Gasteiger partial charge on any atom is 0.248 e. The average molecular weight is 320 g/mol. The van der Waals surface area contributed by atoms with Gasteiger partial charge in [0.05, 0.1) is 12.5 Å². The number of carbonyl (C=O) groups excluding carboxylic acids is 2. The van der Waals surface area contributed by atoms with E-state index in [4.69, 9.17) is 15.2 Å². The lowest BCUT2D eigenvalue weighted by Crippen LogP contribution is -2.49. The molecule has 6 nitrogen and oxygen atoms in total. The smallest absolute Gasteiger partial charge is 0.248 e. The summed E-state index contributed by atoms with van der Waals surface area (Å²) in [7, 11) is 0. The van der Waals surface area contributed by atoms with Crippen LogP contribution in [0.3, 0.4) is 0 Å². The number of rotatable bonds is 7. The van der Waals surface area contributed by atoms with Crippen molar-refractivity contribution in [3.8, 4) is 5.75 Å². The summed E-state index contributed by atoms with van der Waals surface area (Å²) in [5.41, 5.74) is 5.35. The third-order valence-electron chi connectivity index (χ3n) is 4.07. The van der Waals surface area contributed by atoms with Crippen LogP contribution in [0.5, 0.6) is 5.75 Å². The van der Waals surface area contributed by atoms with Gasteiger partial charge in [0.25, 0.3) is 0 Å². The number of para-hydroxylation sites is 1. The average Bonchev–Trinajstić information content (AvgIpc) is 2.55. The molecular weight excluding hydrogens is 296 g/mol. The molecule has 0 bridgehead atoms. The Hall–Kier alpha value is -2.08. The molecule has 23 heavy (non-hydrogen) atoms. The van der Waals surface area contributed by atoms with Crippen molar-refractivity contribution in [3.05, 3.63) is 30.3 Å². The van der Waals surface area contributed by atoms with E-state index in [0.29, 0.717) is 19.8 Å². The van der Waals surface area contributed by atoms with Crippen LogP contribution >= 0.6 is 0 Å². The summed E-state index contributed by atoms with van der Waals surface area (Å²) < 4.78 is 10.9. The maximum absolute atomic E-state index is 12.2. The molecule has 2 amide bonds. The second kappa shape index (κ2) is 8.53. The van der Waals surface area contributed by atoms with Gasteiger partial charge in [0, 0.05) is 12.6 Å². The molecule has 1 aromatic rings. The van der Waals surface area contributed by atoms with Crippen molar-refractivity contribution in [1.29, 1.82) is 0 Å². The van der Waals surface area contributed by atoms with E-state index in [1.807, 2.05) is 37.3 Å². The first-order chi connectivity index (χ1) is 11.1. The number of carbonyl (C=O) groups is 2. The van der Waals surface area contributed by atoms with Gasteiger partial charge < -0.3 is 20.1 Å². The molecule has 0 spiro atoms. The van der Waals surface area contributed by atoms with Crippen molar-refractivity contribution in [2.24, 2.45) is 11.7 Å². The van der Waals surface area contributed by atoms with Crippen molar-refractivity contribution < 1.29 is 19.1 Å². The Morgan fingerprint density at radius 2 is 1.96 bits per heavy atom. The Balaban J connectivity index is 1.68. The number of nitrogens with zero attached hydrogens (tertiary/aromatic N) is 1. The standard InChI is InChI=1S/C17H24N2O4/c1-13-7-8-14(17(18)21)11-19(13)16(20)12-22-9-10-23-15-5-3-2-4-6-15/h2-6,13-14H,7-12H2,1H3,(H2,18,21)/t13-,14-/m1/s1. The van der Waals surface area contributed by atoms with Crippen LogP contribution in [0.1, 0.15) is 19.8 Å². The molecule has 0 unspecified atom stereocenters. The van der Waals surface area contributed by atoms with Gasteiger partial charge in [-0.25, -0.2) is 0 Å². The first-order valence-corrected chi connectivity index (χ1v) is 7.92. The maximum atomic E-state index is 12.2. The summed E-state index contributed by atoms with van der Waals surface area (Å²) >= 11 is 0. The molecule has 126 valence electrons. The molecule has 1 heterocycles. The quantitative estimate of drug-likeness (QED) is 0.765. The van der Waals surface area contributed by atoms with Crippen LogP contribution in [-0.2, 0) is 14.3 Å². The van der Waals surface area contributed by atoms with E-state index in [2.05, 4.69) is 0 Å². The summed E-state index contributed by atoms with van der Waals surface area (Å²) in [6, 6.07) is 9.55. The van der Waals surface area contributed by atoms with E-state index in [1.54, 1.807) is 4.90 Å².